The number of rotatable bonds is 3. The number of hydrogen-bond donors (Lipinski definition) is 1. The highest BCUT2D eigenvalue weighted by molar-refractivity contribution is 6.31. The van der Waals surface area contributed by atoms with Crippen molar-refractivity contribution in [3.05, 3.63) is 64.2 Å². The fourth-order valence-corrected chi connectivity index (χ4v) is 2.08. The lowest BCUT2D eigenvalue weighted by Crippen LogP contribution is -2.16. The molecular formula is C16H14ClNO3. The molecule has 0 saturated carbocycles. The fourth-order valence-electron chi connectivity index (χ4n) is 1.91. The predicted octanol–water partition coefficient (Wildman–Crippen LogP) is 3.69. The van der Waals surface area contributed by atoms with Gasteiger partial charge in [-0.3, -0.25) is 4.79 Å². The number of benzene rings is 2. The van der Waals surface area contributed by atoms with E-state index in [-0.39, 0.29) is 5.91 Å². The van der Waals surface area contributed by atoms with E-state index in [2.05, 4.69) is 5.32 Å². The van der Waals surface area contributed by atoms with Crippen LogP contribution in [0.1, 0.15) is 26.3 Å². The number of halogens is 1. The van der Waals surface area contributed by atoms with Crippen molar-refractivity contribution in [1.82, 2.24) is 0 Å². The Morgan fingerprint density at radius 1 is 1.10 bits per heavy atom. The van der Waals surface area contributed by atoms with Gasteiger partial charge in [0.25, 0.3) is 5.91 Å². The molecule has 4 nitrogen and oxygen atoms in total. The number of carbonyl (C=O) groups is 2. The monoisotopic (exact) mass is 303 g/mol. The minimum Gasteiger partial charge on any atom is -0.465 e. The number of esters is 1. The van der Waals surface area contributed by atoms with Gasteiger partial charge in [0.05, 0.1) is 18.4 Å². The lowest BCUT2D eigenvalue weighted by atomic mass is 10.1. The zero-order chi connectivity index (χ0) is 15.4. The molecule has 108 valence electrons. The third-order valence-corrected chi connectivity index (χ3v) is 3.26. The molecule has 0 aliphatic heterocycles. The summed E-state index contributed by atoms with van der Waals surface area (Å²) in [6.45, 7) is 1.82. The number of nitrogens with one attached hydrogen (secondary N) is 1. The summed E-state index contributed by atoms with van der Waals surface area (Å²) in [4.78, 5) is 24.0. The van der Waals surface area contributed by atoms with Gasteiger partial charge in [-0.25, -0.2) is 4.79 Å². The Balaban J connectivity index is 2.32. The summed E-state index contributed by atoms with van der Waals surface area (Å²) in [7, 11) is 1.29. The number of anilines is 1. The van der Waals surface area contributed by atoms with Gasteiger partial charge in [0, 0.05) is 10.6 Å². The number of para-hydroxylation sites is 1. The average molecular weight is 304 g/mol. The largest absolute Gasteiger partial charge is 0.465 e. The topological polar surface area (TPSA) is 55.4 Å². The van der Waals surface area contributed by atoms with Crippen LogP contribution in [0, 0.1) is 6.92 Å². The van der Waals surface area contributed by atoms with Crippen LogP contribution in [0.2, 0.25) is 5.02 Å². The van der Waals surface area contributed by atoms with Crippen LogP contribution in [0.4, 0.5) is 5.69 Å². The highest BCUT2D eigenvalue weighted by Gasteiger charge is 2.15. The van der Waals surface area contributed by atoms with E-state index < -0.39 is 5.97 Å². The van der Waals surface area contributed by atoms with Crippen molar-refractivity contribution in [1.29, 1.82) is 0 Å². The first-order valence-corrected chi connectivity index (χ1v) is 6.65. The van der Waals surface area contributed by atoms with E-state index in [0.717, 1.165) is 5.56 Å². The molecule has 0 bridgehead atoms. The maximum absolute atomic E-state index is 12.3. The molecule has 5 heteroatoms. The summed E-state index contributed by atoms with van der Waals surface area (Å²) in [5, 5.41) is 3.19. The molecule has 21 heavy (non-hydrogen) atoms. The highest BCUT2D eigenvalue weighted by atomic mass is 35.5. The zero-order valence-electron chi connectivity index (χ0n) is 11.6. The van der Waals surface area contributed by atoms with Gasteiger partial charge in [0.2, 0.25) is 0 Å². The molecule has 2 aromatic rings. The smallest absolute Gasteiger partial charge is 0.339 e. The molecule has 0 aromatic heterocycles. The van der Waals surface area contributed by atoms with E-state index >= 15 is 0 Å². The molecule has 0 saturated heterocycles. The van der Waals surface area contributed by atoms with Crippen molar-refractivity contribution in [3.8, 4) is 0 Å². The van der Waals surface area contributed by atoms with E-state index in [0.29, 0.717) is 21.8 Å². The van der Waals surface area contributed by atoms with Gasteiger partial charge in [-0.2, -0.15) is 0 Å². The van der Waals surface area contributed by atoms with Crippen molar-refractivity contribution < 1.29 is 14.3 Å². The van der Waals surface area contributed by atoms with Crippen molar-refractivity contribution in [2.24, 2.45) is 0 Å². The molecule has 2 aromatic carbocycles. The van der Waals surface area contributed by atoms with Crippen LogP contribution in [0.3, 0.4) is 0 Å². The maximum Gasteiger partial charge on any atom is 0.339 e. The lowest BCUT2D eigenvalue weighted by molar-refractivity contribution is 0.0602. The van der Waals surface area contributed by atoms with Gasteiger partial charge in [0.1, 0.15) is 0 Å². The summed E-state index contributed by atoms with van der Waals surface area (Å²) in [6, 6.07) is 11.7. The predicted molar refractivity (Wildman–Crippen MR) is 81.9 cm³/mol. The Morgan fingerprint density at radius 2 is 1.81 bits per heavy atom. The quantitative estimate of drug-likeness (QED) is 0.880. The molecule has 2 rings (SSSR count). The minimum absolute atomic E-state index is 0.299. The minimum atomic E-state index is -0.506. The first kappa shape index (κ1) is 15.1. The summed E-state index contributed by atoms with van der Waals surface area (Å²) in [5.41, 5.74) is 1.95. The van der Waals surface area contributed by atoms with Crippen LogP contribution in [0.25, 0.3) is 0 Å². The van der Waals surface area contributed by atoms with Gasteiger partial charge in [0.15, 0.2) is 0 Å². The van der Waals surface area contributed by atoms with Crippen LogP contribution in [-0.4, -0.2) is 19.0 Å². The molecule has 0 heterocycles. The maximum atomic E-state index is 12.3. The lowest BCUT2D eigenvalue weighted by Gasteiger charge is -2.11. The second-order valence-electron chi connectivity index (χ2n) is 4.45. The molecule has 1 amide bonds. The Hall–Kier alpha value is -2.33. The van der Waals surface area contributed by atoms with E-state index in [4.69, 9.17) is 16.3 Å². The first-order valence-electron chi connectivity index (χ1n) is 6.27. The molecule has 0 atom stereocenters. The molecule has 0 aliphatic rings. The Labute approximate surface area is 127 Å². The number of ether oxygens (including phenoxy) is 1. The normalized spacial score (nSPS) is 10.0. The van der Waals surface area contributed by atoms with Gasteiger partial charge in [-0.15, -0.1) is 0 Å². The fraction of sp³-hybridized carbons (Fsp3) is 0.125. The third-order valence-electron chi connectivity index (χ3n) is 3.02. The van der Waals surface area contributed by atoms with Gasteiger partial charge in [-0.1, -0.05) is 29.8 Å². The summed E-state index contributed by atoms with van der Waals surface area (Å²) in [6.07, 6.45) is 0. The third kappa shape index (κ3) is 3.41. The number of hydrogen-bond acceptors (Lipinski definition) is 3. The molecule has 0 radical (unpaired) electrons. The molecule has 1 N–H and O–H groups in total. The number of methoxy groups -OCH3 is 1. The zero-order valence-corrected chi connectivity index (χ0v) is 12.4. The van der Waals surface area contributed by atoms with Gasteiger partial charge >= 0.3 is 5.97 Å². The first-order chi connectivity index (χ1) is 10.0. The van der Waals surface area contributed by atoms with E-state index in [1.807, 2.05) is 6.92 Å². The SMILES string of the molecule is COC(=O)c1ccccc1NC(=O)c1cc(Cl)ccc1C. The standard InChI is InChI=1S/C16H14ClNO3/c1-10-7-8-11(17)9-13(10)15(19)18-14-6-4-3-5-12(14)16(20)21-2/h3-9H,1-2H3,(H,18,19). The van der Waals surface area contributed by atoms with Crippen LogP contribution < -0.4 is 5.32 Å². The van der Waals surface area contributed by atoms with Crippen LogP contribution in [0.5, 0.6) is 0 Å². The molecule has 0 unspecified atom stereocenters. The van der Waals surface area contributed by atoms with Gasteiger partial charge in [-0.05, 0) is 36.8 Å². The van der Waals surface area contributed by atoms with E-state index in [1.54, 1.807) is 42.5 Å². The second kappa shape index (κ2) is 6.41. The van der Waals surface area contributed by atoms with Gasteiger partial charge < -0.3 is 10.1 Å². The summed E-state index contributed by atoms with van der Waals surface area (Å²) < 4.78 is 4.70. The van der Waals surface area contributed by atoms with Crippen LogP contribution in [0.15, 0.2) is 42.5 Å². The van der Waals surface area contributed by atoms with Crippen LogP contribution >= 0.6 is 11.6 Å². The summed E-state index contributed by atoms with van der Waals surface area (Å²) >= 11 is 5.91. The summed E-state index contributed by atoms with van der Waals surface area (Å²) in [5.74, 6) is -0.833. The second-order valence-corrected chi connectivity index (χ2v) is 4.89. The van der Waals surface area contributed by atoms with Crippen molar-refractivity contribution >= 4 is 29.2 Å². The molecule has 0 spiro atoms. The van der Waals surface area contributed by atoms with Crippen molar-refractivity contribution in [2.75, 3.05) is 12.4 Å². The Bertz CT molecular complexity index is 698. The van der Waals surface area contributed by atoms with Crippen molar-refractivity contribution in [2.45, 2.75) is 6.92 Å². The number of carbonyl (C=O) groups excluding carboxylic acids is 2. The Morgan fingerprint density at radius 3 is 2.52 bits per heavy atom. The van der Waals surface area contributed by atoms with Crippen molar-refractivity contribution in [3.63, 3.8) is 0 Å². The van der Waals surface area contributed by atoms with E-state index in [9.17, 15) is 9.59 Å². The molecular weight excluding hydrogens is 290 g/mol. The number of aryl methyl sites for hydroxylation is 1. The van der Waals surface area contributed by atoms with E-state index in [1.165, 1.54) is 7.11 Å². The number of amides is 1. The highest BCUT2D eigenvalue weighted by Crippen LogP contribution is 2.20. The molecule has 0 aliphatic carbocycles. The Kier molecular flexibility index (Phi) is 4.60. The molecule has 0 fully saturated rings. The average Bonchev–Trinajstić information content (AvgIpc) is 2.49. The van der Waals surface area contributed by atoms with Crippen LogP contribution in [-0.2, 0) is 4.74 Å².